The lowest BCUT2D eigenvalue weighted by molar-refractivity contribution is -0.384. The van der Waals surface area contributed by atoms with Crippen LogP contribution in [0.1, 0.15) is 11.3 Å². The maximum absolute atomic E-state index is 11.5. The predicted molar refractivity (Wildman–Crippen MR) is 134 cm³/mol. The van der Waals surface area contributed by atoms with Gasteiger partial charge in [-0.2, -0.15) is 15.1 Å². The molecular formula is C23H19N9O5. The van der Waals surface area contributed by atoms with Crippen LogP contribution < -0.4 is 21.0 Å². The number of nitrogens with zero attached hydrogens (tertiary/aromatic N) is 6. The standard InChI is InChI=1S/C23H19N9O5/c1-13-3-5-14(6-4-13)27-29-21-20(25-22-23(26-21)31-37-30-22)28-24-12-16-8-10-19(36-16)17-9-7-15(35-2)11-18(17)32(33)34/h3-12,27H,1-2H3,(H,25,28,30)(H,26,29,31)/b24-12+. The van der Waals surface area contributed by atoms with Crippen molar-refractivity contribution in [2.45, 2.75) is 6.92 Å². The zero-order chi connectivity index (χ0) is 25.8. The Balaban J connectivity index is 1.34. The predicted octanol–water partition coefficient (Wildman–Crippen LogP) is 4.38. The molecule has 0 unspecified atom stereocenters. The number of nitro benzene ring substituents is 1. The second kappa shape index (κ2) is 9.99. The van der Waals surface area contributed by atoms with Gasteiger partial charge in [-0.05, 0) is 53.6 Å². The van der Waals surface area contributed by atoms with Crippen LogP contribution in [0.15, 0.2) is 68.7 Å². The fraction of sp³-hybridized carbons (Fsp3) is 0.0870. The lowest BCUT2D eigenvalue weighted by Crippen LogP contribution is -2.13. The number of hydrogen-bond acceptors (Lipinski definition) is 13. The molecule has 0 aliphatic carbocycles. The molecule has 3 aromatic heterocycles. The van der Waals surface area contributed by atoms with Gasteiger partial charge >= 0.3 is 0 Å². The van der Waals surface area contributed by atoms with E-state index in [1.807, 2.05) is 31.2 Å². The zero-order valence-corrected chi connectivity index (χ0v) is 19.5. The van der Waals surface area contributed by atoms with Gasteiger partial charge in [0, 0.05) is 0 Å². The minimum absolute atomic E-state index is 0.142. The van der Waals surface area contributed by atoms with Crippen LogP contribution in [-0.4, -0.2) is 38.5 Å². The van der Waals surface area contributed by atoms with Crippen molar-refractivity contribution in [1.82, 2.24) is 20.3 Å². The number of hydrogen-bond donors (Lipinski definition) is 3. The first-order valence-electron chi connectivity index (χ1n) is 10.8. The Kier molecular flexibility index (Phi) is 6.27. The summed E-state index contributed by atoms with van der Waals surface area (Å²) in [5, 5.41) is 23.1. The van der Waals surface area contributed by atoms with Gasteiger partial charge in [-0.3, -0.25) is 26.4 Å². The van der Waals surface area contributed by atoms with Crippen molar-refractivity contribution in [3.05, 3.63) is 76.0 Å². The molecule has 0 spiro atoms. The van der Waals surface area contributed by atoms with Crippen molar-refractivity contribution in [2.75, 3.05) is 23.4 Å². The molecule has 5 aromatic rings. The Labute approximate surface area is 208 Å². The highest BCUT2D eigenvalue weighted by atomic mass is 16.6. The van der Waals surface area contributed by atoms with Crippen molar-refractivity contribution in [3.8, 4) is 17.1 Å². The summed E-state index contributed by atoms with van der Waals surface area (Å²) in [5.74, 6) is 1.54. The van der Waals surface area contributed by atoms with Gasteiger partial charge in [0.25, 0.3) is 5.69 Å². The quantitative estimate of drug-likeness (QED) is 0.148. The topological polar surface area (TPSA) is 179 Å². The summed E-state index contributed by atoms with van der Waals surface area (Å²) in [4.78, 5) is 19.7. The summed E-state index contributed by atoms with van der Waals surface area (Å²) in [6.45, 7) is 1.99. The van der Waals surface area contributed by atoms with Gasteiger partial charge in [0.1, 0.15) is 17.3 Å². The van der Waals surface area contributed by atoms with Crippen LogP contribution in [0.5, 0.6) is 5.75 Å². The molecule has 14 heteroatoms. The Hall–Kier alpha value is -5.53. The number of nitro groups is 1. The number of ether oxygens (including phenoxy) is 1. The number of furan rings is 1. The average Bonchev–Trinajstić information content (AvgIpc) is 3.57. The molecule has 0 saturated heterocycles. The molecule has 0 aliphatic heterocycles. The normalized spacial score (nSPS) is 11.1. The Morgan fingerprint density at radius 1 is 1.00 bits per heavy atom. The van der Waals surface area contributed by atoms with E-state index in [-0.39, 0.29) is 28.6 Å². The van der Waals surface area contributed by atoms with Crippen molar-refractivity contribution in [1.29, 1.82) is 0 Å². The number of benzene rings is 2. The summed E-state index contributed by atoms with van der Waals surface area (Å²) >= 11 is 0. The molecule has 186 valence electrons. The van der Waals surface area contributed by atoms with E-state index in [0.717, 1.165) is 11.3 Å². The molecule has 5 rings (SSSR count). The molecule has 3 N–H and O–H groups in total. The van der Waals surface area contributed by atoms with Crippen LogP contribution in [0.25, 0.3) is 22.6 Å². The molecule has 0 atom stereocenters. The number of fused-ring (bicyclic) bond motifs is 1. The van der Waals surface area contributed by atoms with E-state index in [0.29, 0.717) is 22.8 Å². The number of rotatable bonds is 9. The molecule has 0 saturated carbocycles. The summed E-state index contributed by atoms with van der Waals surface area (Å²) in [7, 11) is 1.44. The Morgan fingerprint density at radius 2 is 1.76 bits per heavy atom. The Morgan fingerprint density at radius 3 is 2.49 bits per heavy atom. The highest BCUT2D eigenvalue weighted by molar-refractivity contribution is 5.80. The van der Waals surface area contributed by atoms with Gasteiger partial charge in [0.2, 0.25) is 11.3 Å². The molecule has 14 nitrogen and oxygen atoms in total. The average molecular weight is 501 g/mol. The number of anilines is 3. The summed E-state index contributed by atoms with van der Waals surface area (Å²) in [6.07, 6.45) is 1.39. The van der Waals surface area contributed by atoms with Crippen molar-refractivity contribution in [2.24, 2.45) is 5.10 Å². The van der Waals surface area contributed by atoms with E-state index in [1.54, 1.807) is 24.3 Å². The van der Waals surface area contributed by atoms with E-state index in [9.17, 15) is 10.1 Å². The lowest BCUT2D eigenvalue weighted by Gasteiger charge is -2.11. The highest BCUT2D eigenvalue weighted by Gasteiger charge is 2.19. The van der Waals surface area contributed by atoms with Gasteiger partial charge in [-0.25, -0.2) is 4.63 Å². The number of hydrazone groups is 1. The molecule has 0 radical (unpaired) electrons. The number of methoxy groups -OCH3 is 1. The number of aryl methyl sites for hydroxylation is 1. The fourth-order valence-corrected chi connectivity index (χ4v) is 3.29. The van der Waals surface area contributed by atoms with E-state index in [2.05, 4.69) is 41.7 Å². The smallest absolute Gasteiger partial charge is 0.284 e. The summed E-state index contributed by atoms with van der Waals surface area (Å²) in [6, 6.07) is 15.5. The van der Waals surface area contributed by atoms with Gasteiger partial charge in [-0.15, -0.1) is 0 Å². The van der Waals surface area contributed by atoms with E-state index in [1.165, 1.54) is 19.4 Å². The SMILES string of the molecule is COc1ccc(-c2ccc(/C=N/Nc3nc4nonc4nc3NNc3ccc(C)cc3)o2)c([N+](=O)[O-])c1. The van der Waals surface area contributed by atoms with E-state index >= 15 is 0 Å². The molecular weight excluding hydrogens is 482 g/mol. The molecule has 0 bridgehead atoms. The second-order valence-corrected chi connectivity index (χ2v) is 7.66. The molecule has 0 fully saturated rings. The summed E-state index contributed by atoms with van der Waals surface area (Å²) < 4.78 is 15.5. The van der Waals surface area contributed by atoms with Gasteiger partial charge in [-0.1, -0.05) is 17.7 Å². The van der Waals surface area contributed by atoms with Crippen LogP contribution in [0.3, 0.4) is 0 Å². The first-order valence-corrected chi connectivity index (χ1v) is 10.8. The molecule has 0 amide bonds. The molecule has 37 heavy (non-hydrogen) atoms. The highest BCUT2D eigenvalue weighted by Crippen LogP contribution is 2.34. The van der Waals surface area contributed by atoms with E-state index in [4.69, 9.17) is 13.8 Å². The van der Waals surface area contributed by atoms with Crippen LogP contribution in [0, 0.1) is 17.0 Å². The first kappa shape index (κ1) is 23.2. The molecule has 0 aliphatic rings. The maximum atomic E-state index is 11.5. The van der Waals surface area contributed by atoms with Crippen LogP contribution in [0.2, 0.25) is 0 Å². The van der Waals surface area contributed by atoms with Gasteiger partial charge in [0.05, 0.1) is 35.6 Å². The first-order chi connectivity index (χ1) is 18.0. The molecule has 3 heterocycles. The summed E-state index contributed by atoms with van der Waals surface area (Å²) in [5.41, 5.74) is 11.3. The zero-order valence-electron chi connectivity index (χ0n) is 19.5. The maximum Gasteiger partial charge on any atom is 0.284 e. The fourth-order valence-electron chi connectivity index (χ4n) is 3.29. The minimum atomic E-state index is -0.498. The minimum Gasteiger partial charge on any atom is -0.497 e. The third kappa shape index (κ3) is 5.12. The third-order valence-corrected chi connectivity index (χ3v) is 5.15. The van der Waals surface area contributed by atoms with Crippen molar-refractivity contribution in [3.63, 3.8) is 0 Å². The van der Waals surface area contributed by atoms with E-state index < -0.39 is 4.92 Å². The monoisotopic (exact) mass is 501 g/mol. The van der Waals surface area contributed by atoms with Gasteiger partial charge in [0.15, 0.2) is 11.6 Å². The molecule has 2 aromatic carbocycles. The van der Waals surface area contributed by atoms with Crippen LogP contribution >= 0.6 is 0 Å². The lowest BCUT2D eigenvalue weighted by atomic mass is 10.1. The number of aromatic nitrogens is 4. The second-order valence-electron chi connectivity index (χ2n) is 7.66. The number of hydrazine groups is 1. The van der Waals surface area contributed by atoms with Crippen molar-refractivity contribution >= 4 is 40.5 Å². The van der Waals surface area contributed by atoms with Crippen LogP contribution in [-0.2, 0) is 0 Å². The third-order valence-electron chi connectivity index (χ3n) is 5.15. The van der Waals surface area contributed by atoms with Crippen molar-refractivity contribution < 1.29 is 18.7 Å². The largest absolute Gasteiger partial charge is 0.497 e. The Bertz CT molecular complexity index is 1590. The number of nitrogens with one attached hydrogen (secondary N) is 3. The van der Waals surface area contributed by atoms with Crippen LogP contribution in [0.4, 0.5) is 23.0 Å². The van der Waals surface area contributed by atoms with Gasteiger partial charge < -0.3 is 9.15 Å².